The topological polar surface area (TPSA) is 12.9 Å². The van der Waals surface area contributed by atoms with Crippen LogP contribution < -0.4 is 0 Å². The third-order valence-electron chi connectivity index (χ3n) is 5.09. The Morgan fingerprint density at radius 2 is 1.83 bits per heavy atom. The lowest BCUT2D eigenvalue weighted by Crippen LogP contribution is -2.11. The minimum atomic E-state index is 0.462. The number of aromatic nitrogens is 1. The zero-order chi connectivity index (χ0) is 15.2. The summed E-state index contributed by atoms with van der Waals surface area (Å²) in [6.07, 6.45) is 5.61. The minimum Gasteiger partial charge on any atom is -0.249 e. The number of rotatable bonds is 1. The molecule has 4 aromatic rings. The third-order valence-corrected chi connectivity index (χ3v) is 5.98. The van der Waals surface area contributed by atoms with Crippen molar-refractivity contribution in [2.75, 3.05) is 0 Å². The molecule has 0 bridgehead atoms. The number of thiazole rings is 1. The van der Waals surface area contributed by atoms with E-state index in [0.717, 1.165) is 0 Å². The Kier molecular flexibility index (Phi) is 2.98. The summed E-state index contributed by atoms with van der Waals surface area (Å²) >= 11 is 1.79. The van der Waals surface area contributed by atoms with Crippen molar-refractivity contribution in [2.45, 2.75) is 25.2 Å². The van der Waals surface area contributed by atoms with E-state index in [2.05, 4.69) is 58.9 Å². The first kappa shape index (κ1) is 13.3. The van der Waals surface area contributed by atoms with Gasteiger partial charge in [0.25, 0.3) is 0 Å². The van der Waals surface area contributed by atoms with Crippen LogP contribution in [0.15, 0.2) is 60.1 Å². The van der Waals surface area contributed by atoms with E-state index in [1.54, 1.807) is 11.3 Å². The fraction of sp³-hybridized carbons (Fsp3) is 0.190. The van der Waals surface area contributed by atoms with Crippen molar-refractivity contribution in [1.82, 2.24) is 4.98 Å². The van der Waals surface area contributed by atoms with E-state index in [1.165, 1.54) is 56.9 Å². The summed E-state index contributed by atoms with van der Waals surface area (Å²) in [6.45, 7) is 0. The number of nitrogens with zero attached hydrogens (tertiary/aromatic N) is 1. The van der Waals surface area contributed by atoms with Gasteiger partial charge in [-0.3, -0.25) is 0 Å². The number of hydrogen-bond donors (Lipinski definition) is 0. The van der Waals surface area contributed by atoms with Crippen LogP contribution in [-0.2, 0) is 6.42 Å². The molecule has 2 heteroatoms. The molecule has 1 atom stereocenters. The highest BCUT2D eigenvalue weighted by atomic mass is 32.1. The molecule has 0 N–H and O–H groups in total. The van der Waals surface area contributed by atoms with Gasteiger partial charge >= 0.3 is 0 Å². The monoisotopic (exact) mass is 315 g/mol. The van der Waals surface area contributed by atoms with Crippen molar-refractivity contribution >= 4 is 32.9 Å². The maximum Gasteiger partial charge on any atom is 0.1000 e. The van der Waals surface area contributed by atoms with Crippen molar-refractivity contribution in [3.63, 3.8) is 0 Å². The first-order valence-corrected chi connectivity index (χ1v) is 9.12. The maximum absolute atomic E-state index is 4.63. The summed E-state index contributed by atoms with van der Waals surface area (Å²) < 4.78 is 0. The van der Waals surface area contributed by atoms with Crippen LogP contribution in [0.1, 0.15) is 34.9 Å². The zero-order valence-electron chi connectivity index (χ0n) is 12.8. The molecule has 0 amide bonds. The molecular formula is C21H17NS. The molecule has 3 aromatic carbocycles. The molecule has 1 aliphatic rings. The lowest BCUT2D eigenvalue weighted by atomic mass is 9.79. The molecule has 0 aliphatic heterocycles. The molecule has 1 aliphatic carbocycles. The summed E-state index contributed by atoms with van der Waals surface area (Å²) in [5, 5.41) is 8.85. The van der Waals surface area contributed by atoms with Gasteiger partial charge in [0.05, 0.1) is 5.01 Å². The summed E-state index contributed by atoms with van der Waals surface area (Å²) in [5.41, 5.74) is 3.04. The van der Waals surface area contributed by atoms with E-state index >= 15 is 0 Å². The van der Waals surface area contributed by atoms with E-state index in [0.29, 0.717) is 5.92 Å². The van der Waals surface area contributed by atoms with Crippen molar-refractivity contribution in [2.24, 2.45) is 0 Å². The molecule has 23 heavy (non-hydrogen) atoms. The Balaban J connectivity index is 1.86. The molecule has 1 aromatic heterocycles. The number of benzene rings is 3. The van der Waals surface area contributed by atoms with Gasteiger partial charge in [-0.2, -0.15) is 0 Å². The summed E-state index contributed by atoms with van der Waals surface area (Å²) in [7, 11) is 0. The second-order valence-corrected chi connectivity index (χ2v) is 7.26. The maximum atomic E-state index is 4.63. The van der Waals surface area contributed by atoms with Crippen LogP contribution >= 0.6 is 11.3 Å². The normalized spacial score (nSPS) is 17.5. The SMILES string of the molecule is c1ccc2c(c1)ccc1c3c(ccc12)CCCC3c1nccs1. The van der Waals surface area contributed by atoms with Gasteiger partial charge in [0, 0.05) is 17.5 Å². The van der Waals surface area contributed by atoms with Crippen molar-refractivity contribution in [1.29, 1.82) is 0 Å². The van der Waals surface area contributed by atoms with Gasteiger partial charge in [0.2, 0.25) is 0 Å². The van der Waals surface area contributed by atoms with Gasteiger partial charge < -0.3 is 0 Å². The average Bonchev–Trinajstić information content (AvgIpc) is 3.15. The van der Waals surface area contributed by atoms with Crippen LogP contribution in [0.3, 0.4) is 0 Å². The van der Waals surface area contributed by atoms with Gasteiger partial charge in [0.1, 0.15) is 0 Å². The Labute approximate surface area is 139 Å². The van der Waals surface area contributed by atoms with Gasteiger partial charge in [-0.05, 0) is 51.9 Å². The quantitative estimate of drug-likeness (QED) is 0.397. The Morgan fingerprint density at radius 3 is 2.74 bits per heavy atom. The molecule has 0 spiro atoms. The van der Waals surface area contributed by atoms with Crippen LogP contribution in [0, 0.1) is 0 Å². The molecule has 0 radical (unpaired) electrons. The predicted octanol–water partition coefficient (Wildman–Crippen LogP) is 5.92. The lowest BCUT2D eigenvalue weighted by Gasteiger charge is -2.26. The molecular weight excluding hydrogens is 298 g/mol. The minimum absolute atomic E-state index is 0.462. The van der Waals surface area contributed by atoms with Crippen LogP contribution in [0.5, 0.6) is 0 Å². The summed E-state index contributed by atoms with van der Waals surface area (Å²) in [4.78, 5) is 4.63. The van der Waals surface area contributed by atoms with Crippen LogP contribution in [0.2, 0.25) is 0 Å². The summed E-state index contributed by atoms with van der Waals surface area (Å²) in [6, 6.07) is 18.0. The molecule has 0 saturated carbocycles. The molecule has 1 heterocycles. The Bertz CT molecular complexity index is 1000. The molecule has 1 unspecified atom stereocenters. The predicted molar refractivity (Wildman–Crippen MR) is 98.3 cm³/mol. The second kappa shape index (κ2) is 5.17. The van der Waals surface area contributed by atoms with Crippen molar-refractivity contribution in [3.8, 4) is 0 Å². The Hall–Kier alpha value is -2.19. The van der Waals surface area contributed by atoms with Crippen molar-refractivity contribution < 1.29 is 0 Å². The smallest absolute Gasteiger partial charge is 0.1000 e. The average molecular weight is 315 g/mol. The fourth-order valence-electron chi connectivity index (χ4n) is 4.08. The number of hydrogen-bond acceptors (Lipinski definition) is 2. The largest absolute Gasteiger partial charge is 0.249 e. The second-order valence-electron chi connectivity index (χ2n) is 6.34. The molecule has 0 saturated heterocycles. The van der Waals surface area contributed by atoms with Crippen molar-refractivity contribution in [3.05, 3.63) is 76.2 Å². The zero-order valence-corrected chi connectivity index (χ0v) is 13.6. The number of aryl methyl sites for hydroxylation is 1. The highest BCUT2D eigenvalue weighted by Crippen LogP contribution is 2.42. The highest BCUT2D eigenvalue weighted by Gasteiger charge is 2.25. The van der Waals surface area contributed by atoms with Crippen LogP contribution in [-0.4, -0.2) is 4.98 Å². The van der Waals surface area contributed by atoms with E-state index in [-0.39, 0.29) is 0 Å². The number of fused-ring (bicyclic) bond motifs is 5. The third kappa shape index (κ3) is 2.02. The van der Waals surface area contributed by atoms with Crippen LogP contribution in [0.4, 0.5) is 0 Å². The Morgan fingerprint density at radius 1 is 0.913 bits per heavy atom. The van der Waals surface area contributed by atoms with Crippen LogP contribution in [0.25, 0.3) is 21.5 Å². The lowest BCUT2D eigenvalue weighted by molar-refractivity contribution is 0.618. The van der Waals surface area contributed by atoms with Gasteiger partial charge in [-0.25, -0.2) is 4.98 Å². The standard InChI is InChI=1S/C21H17NS/c1-2-6-16-14(4-1)8-11-18-17(16)10-9-15-5-3-7-19(20(15)18)21-22-12-13-23-21/h1-2,4,6,8-13,19H,3,5,7H2. The van der Waals surface area contributed by atoms with Gasteiger partial charge in [-0.1, -0.05) is 48.5 Å². The van der Waals surface area contributed by atoms with E-state index in [9.17, 15) is 0 Å². The van der Waals surface area contributed by atoms with Gasteiger partial charge in [-0.15, -0.1) is 11.3 Å². The first-order chi connectivity index (χ1) is 11.4. The molecule has 0 fully saturated rings. The molecule has 112 valence electrons. The van der Waals surface area contributed by atoms with Gasteiger partial charge in [0.15, 0.2) is 0 Å². The highest BCUT2D eigenvalue weighted by molar-refractivity contribution is 7.09. The fourth-order valence-corrected chi connectivity index (χ4v) is 4.86. The van der Waals surface area contributed by atoms with E-state index in [1.807, 2.05) is 6.20 Å². The summed E-state index contributed by atoms with van der Waals surface area (Å²) in [5.74, 6) is 0.462. The molecule has 5 rings (SSSR count). The molecule has 1 nitrogen and oxygen atoms in total. The van der Waals surface area contributed by atoms with E-state index < -0.39 is 0 Å². The first-order valence-electron chi connectivity index (χ1n) is 8.24. The van der Waals surface area contributed by atoms with E-state index in [4.69, 9.17) is 0 Å².